The molecule has 0 N–H and O–H groups in total. The van der Waals surface area contributed by atoms with Crippen molar-refractivity contribution in [1.29, 1.82) is 0 Å². The van der Waals surface area contributed by atoms with Crippen LogP contribution in [0.4, 0.5) is 0 Å². The number of rotatable bonds is 7. The van der Waals surface area contributed by atoms with Crippen LogP contribution in [-0.2, 0) is 11.2 Å². The van der Waals surface area contributed by atoms with Crippen molar-refractivity contribution in [3.8, 4) is 11.5 Å². The Kier molecular flexibility index (Phi) is 7.18. The van der Waals surface area contributed by atoms with Crippen molar-refractivity contribution in [3.63, 3.8) is 0 Å². The van der Waals surface area contributed by atoms with Gasteiger partial charge in [0.1, 0.15) is 0 Å². The van der Waals surface area contributed by atoms with Crippen molar-refractivity contribution in [2.75, 3.05) is 40.4 Å². The van der Waals surface area contributed by atoms with E-state index in [1.54, 1.807) is 26.4 Å². The summed E-state index contributed by atoms with van der Waals surface area (Å²) in [7, 11) is 3.16. The van der Waals surface area contributed by atoms with E-state index in [0.29, 0.717) is 62.0 Å². The van der Waals surface area contributed by atoms with Gasteiger partial charge in [0.25, 0.3) is 5.91 Å². The lowest BCUT2D eigenvalue weighted by Crippen LogP contribution is -2.50. The molecule has 6 heteroatoms. The van der Waals surface area contributed by atoms with Gasteiger partial charge in [0.2, 0.25) is 5.91 Å². The van der Waals surface area contributed by atoms with Crippen LogP contribution in [0.15, 0.2) is 24.8 Å². The van der Waals surface area contributed by atoms with Gasteiger partial charge in [-0.25, -0.2) is 0 Å². The highest BCUT2D eigenvalue weighted by Gasteiger charge is 2.28. The van der Waals surface area contributed by atoms with E-state index in [1.807, 2.05) is 15.9 Å². The molecule has 6 nitrogen and oxygen atoms in total. The summed E-state index contributed by atoms with van der Waals surface area (Å²) in [5, 5.41) is 0. The number of benzene rings is 1. The zero-order valence-electron chi connectivity index (χ0n) is 17.6. The first-order valence-corrected chi connectivity index (χ1v) is 10.5. The maximum Gasteiger partial charge on any atom is 0.254 e. The number of carbonyl (C=O) groups is 2. The summed E-state index contributed by atoms with van der Waals surface area (Å²) in [6.45, 7) is 6.10. The summed E-state index contributed by atoms with van der Waals surface area (Å²) in [5.74, 6) is 1.92. The van der Waals surface area contributed by atoms with Crippen LogP contribution < -0.4 is 9.47 Å². The van der Waals surface area contributed by atoms with Crippen molar-refractivity contribution in [2.45, 2.75) is 38.5 Å². The van der Waals surface area contributed by atoms with Gasteiger partial charge in [-0.3, -0.25) is 9.59 Å². The second kappa shape index (κ2) is 9.81. The number of piperazine rings is 1. The summed E-state index contributed by atoms with van der Waals surface area (Å²) in [5.41, 5.74) is 1.45. The monoisotopic (exact) mass is 400 g/mol. The Morgan fingerprint density at radius 2 is 1.72 bits per heavy atom. The van der Waals surface area contributed by atoms with Gasteiger partial charge in [0.15, 0.2) is 11.5 Å². The van der Waals surface area contributed by atoms with E-state index in [-0.39, 0.29) is 11.8 Å². The molecule has 2 fully saturated rings. The summed E-state index contributed by atoms with van der Waals surface area (Å²) in [4.78, 5) is 29.4. The Hall–Kier alpha value is -2.50. The van der Waals surface area contributed by atoms with Crippen molar-refractivity contribution in [1.82, 2.24) is 9.80 Å². The molecule has 1 aromatic rings. The molecule has 2 aliphatic rings. The molecule has 0 aromatic heterocycles. The second-order valence-corrected chi connectivity index (χ2v) is 7.89. The highest BCUT2D eigenvalue weighted by molar-refractivity contribution is 5.95. The normalized spacial score (nSPS) is 17.3. The Morgan fingerprint density at radius 3 is 2.31 bits per heavy atom. The molecule has 158 valence electrons. The topological polar surface area (TPSA) is 59.1 Å². The lowest BCUT2D eigenvalue weighted by molar-refractivity contribution is -0.133. The Bertz CT molecular complexity index is 747. The van der Waals surface area contributed by atoms with E-state index in [4.69, 9.17) is 9.47 Å². The van der Waals surface area contributed by atoms with E-state index in [2.05, 4.69) is 6.58 Å². The van der Waals surface area contributed by atoms with Gasteiger partial charge in [0, 0.05) is 43.7 Å². The molecule has 1 aliphatic heterocycles. The first-order chi connectivity index (χ1) is 14.1. The van der Waals surface area contributed by atoms with Crippen molar-refractivity contribution < 1.29 is 19.1 Å². The molecular formula is C23H32N2O4. The highest BCUT2D eigenvalue weighted by Crippen LogP contribution is 2.34. The number of hydrogen-bond acceptors (Lipinski definition) is 4. The summed E-state index contributed by atoms with van der Waals surface area (Å²) < 4.78 is 10.9. The minimum absolute atomic E-state index is 0.0424. The summed E-state index contributed by atoms with van der Waals surface area (Å²) in [6, 6.07) is 3.58. The molecule has 1 saturated carbocycles. The highest BCUT2D eigenvalue weighted by atomic mass is 16.5. The van der Waals surface area contributed by atoms with Gasteiger partial charge in [-0.1, -0.05) is 18.9 Å². The summed E-state index contributed by atoms with van der Waals surface area (Å²) >= 11 is 0. The van der Waals surface area contributed by atoms with Crippen LogP contribution in [0.25, 0.3) is 0 Å². The van der Waals surface area contributed by atoms with Crippen LogP contribution in [0.2, 0.25) is 0 Å². The van der Waals surface area contributed by atoms with Crippen LogP contribution in [-0.4, -0.2) is 62.0 Å². The van der Waals surface area contributed by atoms with E-state index in [9.17, 15) is 9.59 Å². The average Bonchev–Trinajstić information content (AvgIpc) is 3.26. The number of allylic oxidation sites excluding steroid dienone is 1. The lowest BCUT2D eigenvalue weighted by Gasteiger charge is -2.35. The molecule has 0 spiro atoms. The standard InChI is InChI=1S/C23H32N2O4/c1-4-7-18-15-19(16-20(28-2)22(18)29-3)23(27)25-12-10-24(11-13-25)21(26)14-17-8-5-6-9-17/h4,15-17H,1,5-14H2,2-3H3. The zero-order valence-corrected chi connectivity index (χ0v) is 17.6. The number of amides is 2. The van der Waals surface area contributed by atoms with E-state index in [0.717, 1.165) is 5.56 Å². The average molecular weight is 401 g/mol. The molecular weight excluding hydrogens is 368 g/mol. The number of carbonyl (C=O) groups excluding carboxylic acids is 2. The van der Waals surface area contributed by atoms with E-state index >= 15 is 0 Å². The largest absolute Gasteiger partial charge is 0.493 e. The Morgan fingerprint density at radius 1 is 1.07 bits per heavy atom. The quantitative estimate of drug-likeness (QED) is 0.659. The van der Waals surface area contributed by atoms with Crippen LogP contribution in [0.3, 0.4) is 0 Å². The third-order valence-corrected chi connectivity index (χ3v) is 6.02. The molecule has 2 amide bonds. The fraction of sp³-hybridized carbons (Fsp3) is 0.565. The van der Waals surface area contributed by atoms with Crippen LogP contribution in [0.5, 0.6) is 11.5 Å². The minimum atomic E-state index is -0.0424. The van der Waals surface area contributed by atoms with Gasteiger partial charge in [-0.05, 0) is 37.3 Å². The third kappa shape index (κ3) is 4.92. The number of nitrogens with zero attached hydrogens (tertiary/aromatic N) is 2. The third-order valence-electron chi connectivity index (χ3n) is 6.02. The molecule has 1 aromatic carbocycles. The fourth-order valence-corrected chi connectivity index (χ4v) is 4.41. The number of ether oxygens (including phenoxy) is 2. The predicted molar refractivity (Wildman–Crippen MR) is 113 cm³/mol. The molecule has 0 atom stereocenters. The first kappa shape index (κ1) is 21.2. The molecule has 3 rings (SSSR count). The Balaban J connectivity index is 1.64. The zero-order chi connectivity index (χ0) is 20.8. The van der Waals surface area contributed by atoms with E-state index < -0.39 is 0 Å². The fourth-order valence-electron chi connectivity index (χ4n) is 4.41. The lowest BCUT2D eigenvalue weighted by atomic mass is 10.0. The van der Waals surface area contributed by atoms with Crippen LogP contribution in [0.1, 0.15) is 48.0 Å². The number of methoxy groups -OCH3 is 2. The molecule has 0 unspecified atom stereocenters. The van der Waals surface area contributed by atoms with Crippen molar-refractivity contribution >= 4 is 11.8 Å². The number of hydrogen-bond donors (Lipinski definition) is 0. The Labute approximate surface area is 173 Å². The maximum absolute atomic E-state index is 13.1. The van der Waals surface area contributed by atoms with Gasteiger partial charge < -0.3 is 19.3 Å². The molecule has 0 radical (unpaired) electrons. The van der Waals surface area contributed by atoms with Crippen LogP contribution >= 0.6 is 0 Å². The van der Waals surface area contributed by atoms with Gasteiger partial charge in [0.05, 0.1) is 14.2 Å². The second-order valence-electron chi connectivity index (χ2n) is 7.89. The first-order valence-electron chi connectivity index (χ1n) is 10.5. The molecule has 1 aliphatic carbocycles. The van der Waals surface area contributed by atoms with Crippen molar-refractivity contribution in [3.05, 3.63) is 35.9 Å². The molecule has 0 bridgehead atoms. The van der Waals surface area contributed by atoms with Crippen molar-refractivity contribution in [2.24, 2.45) is 5.92 Å². The van der Waals surface area contributed by atoms with Gasteiger partial charge in [-0.15, -0.1) is 6.58 Å². The van der Waals surface area contributed by atoms with Gasteiger partial charge in [-0.2, -0.15) is 0 Å². The maximum atomic E-state index is 13.1. The SMILES string of the molecule is C=CCc1cc(C(=O)N2CCN(C(=O)CC3CCCC3)CC2)cc(OC)c1OC. The molecule has 29 heavy (non-hydrogen) atoms. The minimum Gasteiger partial charge on any atom is -0.493 e. The van der Waals surface area contributed by atoms with E-state index in [1.165, 1.54) is 25.7 Å². The summed E-state index contributed by atoms with van der Waals surface area (Å²) in [6.07, 6.45) is 7.88. The van der Waals surface area contributed by atoms with Gasteiger partial charge >= 0.3 is 0 Å². The predicted octanol–water partition coefficient (Wildman–Crippen LogP) is 3.30. The van der Waals surface area contributed by atoms with Crippen LogP contribution in [0, 0.1) is 5.92 Å². The smallest absolute Gasteiger partial charge is 0.254 e. The molecule has 1 heterocycles. The molecule has 1 saturated heterocycles.